The van der Waals surface area contributed by atoms with Crippen molar-refractivity contribution in [3.8, 4) is 0 Å². The first-order chi connectivity index (χ1) is 7.81. The van der Waals surface area contributed by atoms with Crippen LogP contribution in [0.3, 0.4) is 0 Å². The molecule has 0 radical (unpaired) electrons. The van der Waals surface area contributed by atoms with Gasteiger partial charge < -0.3 is 13.9 Å². The Morgan fingerprint density at radius 2 is 2.19 bits per heavy atom. The van der Waals surface area contributed by atoms with Gasteiger partial charge in [-0.15, -0.1) is 0 Å². The molecule has 1 aliphatic rings. The van der Waals surface area contributed by atoms with E-state index < -0.39 is 5.97 Å². The molecule has 0 atom stereocenters. The summed E-state index contributed by atoms with van der Waals surface area (Å²) >= 11 is 4.97. The van der Waals surface area contributed by atoms with Crippen molar-refractivity contribution in [2.75, 3.05) is 31.2 Å². The summed E-state index contributed by atoms with van der Waals surface area (Å²) in [5, 5.41) is 0. The number of carbonyl (C=O) groups is 1. The molecule has 0 unspecified atom stereocenters. The maximum Gasteiger partial charge on any atom is 0.357 e. The van der Waals surface area contributed by atoms with Crippen molar-refractivity contribution in [3.63, 3.8) is 0 Å². The Morgan fingerprint density at radius 3 is 2.75 bits per heavy atom. The van der Waals surface area contributed by atoms with Crippen molar-refractivity contribution >= 4 is 23.7 Å². The highest BCUT2D eigenvalue weighted by Gasteiger charge is 2.13. The first-order valence-electron chi connectivity index (χ1n) is 4.93. The molecule has 1 aromatic rings. The summed E-state index contributed by atoms with van der Waals surface area (Å²) in [7, 11) is 0. The number of morpholine rings is 1. The first-order valence-corrected chi connectivity index (χ1v) is 5.24. The monoisotopic (exact) mass is 242 g/mol. The fourth-order valence-corrected chi connectivity index (χ4v) is 1.62. The molecule has 1 aliphatic heterocycles. The van der Waals surface area contributed by atoms with E-state index >= 15 is 0 Å². The third-order valence-electron chi connectivity index (χ3n) is 2.39. The molecule has 0 spiro atoms. The molecule has 6 heteroatoms. The molecular weight excluding hydrogens is 232 g/mol. The highest BCUT2D eigenvalue weighted by Crippen LogP contribution is 2.13. The SMILES string of the molecule is O=C(OCl)c1ccc(N2CCOCC2)nc1. The second-order valence-electron chi connectivity index (χ2n) is 3.37. The second-order valence-corrected chi connectivity index (χ2v) is 3.52. The predicted molar refractivity (Wildman–Crippen MR) is 58.5 cm³/mol. The maximum absolute atomic E-state index is 11.1. The van der Waals surface area contributed by atoms with E-state index in [1.807, 2.05) is 0 Å². The average Bonchev–Trinajstić information content (AvgIpc) is 2.39. The second kappa shape index (κ2) is 5.14. The van der Waals surface area contributed by atoms with Crippen LogP contribution in [0.4, 0.5) is 5.82 Å². The lowest BCUT2D eigenvalue weighted by atomic mass is 10.3. The van der Waals surface area contributed by atoms with Gasteiger partial charge in [0.05, 0.1) is 18.8 Å². The lowest BCUT2D eigenvalue weighted by molar-refractivity contribution is 0.0751. The van der Waals surface area contributed by atoms with Crippen LogP contribution in [-0.2, 0) is 9.03 Å². The normalized spacial score (nSPS) is 15.9. The van der Waals surface area contributed by atoms with Crippen molar-refractivity contribution in [2.24, 2.45) is 0 Å². The smallest absolute Gasteiger partial charge is 0.357 e. The maximum atomic E-state index is 11.1. The fourth-order valence-electron chi connectivity index (χ4n) is 1.53. The predicted octanol–water partition coefficient (Wildman–Crippen LogP) is 1.23. The number of rotatable bonds is 2. The van der Waals surface area contributed by atoms with Gasteiger partial charge in [-0.25, -0.2) is 9.78 Å². The van der Waals surface area contributed by atoms with Gasteiger partial charge in [0.15, 0.2) is 0 Å². The Labute approximate surface area is 98.1 Å². The van der Waals surface area contributed by atoms with Gasteiger partial charge in [0.1, 0.15) is 17.7 Å². The number of aromatic nitrogens is 1. The van der Waals surface area contributed by atoms with Crippen molar-refractivity contribution in [1.29, 1.82) is 0 Å². The molecular formula is C10H11ClN2O3. The summed E-state index contributed by atoms with van der Waals surface area (Å²) < 4.78 is 9.32. The van der Waals surface area contributed by atoms with Crippen LogP contribution in [-0.4, -0.2) is 37.3 Å². The van der Waals surface area contributed by atoms with Crippen molar-refractivity contribution in [1.82, 2.24) is 4.98 Å². The third kappa shape index (κ3) is 2.43. The highest BCUT2D eigenvalue weighted by atomic mass is 35.5. The van der Waals surface area contributed by atoms with E-state index in [4.69, 9.17) is 16.6 Å². The number of anilines is 1. The summed E-state index contributed by atoms with van der Waals surface area (Å²) in [4.78, 5) is 17.4. The van der Waals surface area contributed by atoms with Gasteiger partial charge in [0.25, 0.3) is 0 Å². The molecule has 5 nitrogen and oxygen atoms in total. The molecule has 1 fully saturated rings. The van der Waals surface area contributed by atoms with E-state index in [-0.39, 0.29) is 0 Å². The first kappa shape index (κ1) is 11.2. The standard InChI is InChI=1S/C10H11ClN2O3/c11-16-10(14)8-1-2-9(12-7-8)13-3-5-15-6-4-13/h1-2,7H,3-6H2. The van der Waals surface area contributed by atoms with Gasteiger partial charge in [-0.3, -0.25) is 0 Å². The van der Waals surface area contributed by atoms with E-state index in [1.54, 1.807) is 12.1 Å². The minimum atomic E-state index is -0.595. The van der Waals surface area contributed by atoms with E-state index in [9.17, 15) is 4.79 Å². The Kier molecular flexibility index (Phi) is 3.58. The lowest BCUT2D eigenvalue weighted by Crippen LogP contribution is -2.36. The summed E-state index contributed by atoms with van der Waals surface area (Å²) in [5.41, 5.74) is 0.340. The van der Waals surface area contributed by atoms with Crippen LogP contribution in [0.1, 0.15) is 10.4 Å². The topological polar surface area (TPSA) is 51.7 Å². The number of hydrogen-bond donors (Lipinski definition) is 0. The summed E-state index contributed by atoms with van der Waals surface area (Å²) in [5.74, 6) is 0.233. The van der Waals surface area contributed by atoms with Gasteiger partial charge in [-0.1, -0.05) is 0 Å². The fraction of sp³-hybridized carbons (Fsp3) is 0.400. The Morgan fingerprint density at radius 1 is 1.44 bits per heavy atom. The summed E-state index contributed by atoms with van der Waals surface area (Å²) in [6.45, 7) is 3.03. The van der Waals surface area contributed by atoms with Gasteiger partial charge in [-0.2, -0.15) is 0 Å². The number of carbonyl (C=O) groups excluding carboxylic acids is 1. The van der Waals surface area contributed by atoms with E-state index in [0.717, 1.165) is 18.9 Å². The minimum Gasteiger partial charge on any atom is -0.378 e. The van der Waals surface area contributed by atoms with Gasteiger partial charge in [0, 0.05) is 19.3 Å². The largest absolute Gasteiger partial charge is 0.378 e. The van der Waals surface area contributed by atoms with Crippen LogP contribution in [0, 0.1) is 0 Å². The highest BCUT2D eigenvalue weighted by molar-refractivity contribution is 6.15. The van der Waals surface area contributed by atoms with Crippen LogP contribution in [0.15, 0.2) is 18.3 Å². The molecule has 1 saturated heterocycles. The quantitative estimate of drug-likeness (QED) is 0.781. The zero-order valence-electron chi connectivity index (χ0n) is 8.56. The van der Waals surface area contributed by atoms with Crippen LogP contribution in [0.5, 0.6) is 0 Å². The average molecular weight is 243 g/mol. The molecule has 16 heavy (non-hydrogen) atoms. The molecule has 0 N–H and O–H groups in total. The zero-order chi connectivity index (χ0) is 11.4. The van der Waals surface area contributed by atoms with Gasteiger partial charge in [-0.05, 0) is 12.1 Å². The summed E-state index contributed by atoms with van der Waals surface area (Å²) in [6.07, 6.45) is 1.45. The van der Waals surface area contributed by atoms with Crippen molar-refractivity contribution in [2.45, 2.75) is 0 Å². The molecule has 0 aliphatic carbocycles. The molecule has 86 valence electrons. The minimum absolute atomic E-state index is 0.340. The number of ether oxygens (including phenoxy) is 1. The van der Waals surface area contributed by atoms with Gasteiger partial charge >= 0.3 is 5.97 Å². The molecule has 1 aromatic heterocycles. The summed E-state index contributed by atoms with van der Waals surface area (Å²) in [6, 6.07) is 3.41. The lowest BCUT2D eigenvalue weighted by Gasteiger charge is -2.27. The molecule has 0 aromatic carbocycles. The van der Waals surface area contributed by atoms with Crippen molar-refractivity contribution < 1.29 is 13.8 Å². The Bertz CT molecular complexity index is 363. The number of halogens is 1. The molecule has 0 bridgehead atoms. The zero-order valence-corrected chi connectivity index (χ0v) is 9.31. The van der Waals surface area contributed by atoms with E-state index in [1.165, 1.54) is 6.20 Å². The number of nitrogens with zero attached hydrogens (tertiary/aromatic N) is 2. The number of pyridine rings is 1. The molecule has 2 rings (SSSR count). The van der Waals surface area contributed by atoms with E-state index in [2.05, 4.69) is 14.2 Å². The Hall–Kier alpha value is -1.33. The third-order valence-corrected chi connectivity index (χ3v) is 2.53. The molecule has 0 saturated carbocycles. The van der Waals surface area contributed by atoms with Crippen LogP contribution in [0.2, 0.25) is 0 Å². The van der Waals surface area contributed by atoms with Crippen molar-refractivity contribution in [3.05, 3.63) is 23.9 Å². The van der Waals surface area contributed by atoms with Crippen LogP contribution < -0.4 is 4.90 Å². The van der Waals surface area contributed by atoms with E-state index in [0.29, 0.717) is 18.8 Å². The number of hydrogen-bond acceptors (Lipinski definition) is 5. The Balaban J connectivity index is 2.09. The van der Waals surface area contributed by atoms with Gasteiger partial charge in [0.2, 0.25) is 0 Å². The van der Waals surface area contributed by atoms with Crippen LogP contribution in [0.25, 0.3) is 0 Å². The molecule has 0 amide bonds. The molecule has 2 heterocycles. The van der Waals surface area contributed by atoms with Crippen LogP contribution >= 0.6 is 11.9 Å².